The molecular weight excluding hydrogens is 409 g/mol. The zero-order chi connectivity index (χ0) is 20.8. The number of carbonyl (C=O) groups is 1. The van der Waals surface area contributed by atoms with E-state index >= 15 is 0 Å². The van der Waals surface area contributed by atoms with Crippen LogP contribution in [0.4, 0.5) is 14.6 Å². The number of ether oxygens (including phenoxy) is 1. The molecule has 1 aromatic carbocycles. The number of hydrogen-bond donors (Lipinski definition) is 2. The van der Waals surface area contributed by atoms with E-state index in [0.717, 1.165) is 10.8 Å². The summed E-state index contributed by atoms with van der Waals surface area (Å²) in [5, 5.41) is 2.79. The van der Waals surface area contributed by atoms with Crippen molar-refractivity contribution in [3.63, 3.8) is 0 Å². The average molecular weight is 428 g/mol. The maximum Gasteiger partial charge on any atom is 0.351 e. The topological polar surface area (TPSA) is 118 Å². The number of benzene rings is 1. The number of nitrogens with zero attached hydrogens (tertiary/aromatic N) is 2. The Hall–Kier alpha value is -2.46. The highest BCUT2D eigenvalue weighted by atomic mass is 31.2. The Kier molecular flexibility index (Phi) is 7.21. The zero-order valence-electron chi connectivity index (χ0n) is 15.1. The first-order valence-electron chi connectivity index (χ1n) is 8.65. The molecule has 0 amide bonds. The molecule has 12 heteroatoms. The third-order valence-corrected chi connectivity index (χ3v) is 5.15. The molecule has 9 nitrogen and oxygen atoms in total. The zero-order valence-corrected chi connectivity index (χ0v) is 16.0. The number of anilines is 1. The van der Waals surface area contributed by atoms with E-state index in [0.29, 0.717) is 12.0 Å². The number of para-hydroxylation sites is 1. The first-order chi connectivity index (χ1) is 14.0. The summed E-state index contributed by atoms with van der Waals surface area (Å²) in [4.78, 5) is 25.8. The second kappa shape index (κ2) is 9.84. The quantitative estimate of drug-likeness (QED) is 0.458. The van der Waals surface area contributed by atoms with Crippen LogP contribution in [0.3, 0.4) is 0 Å². The number of halogens is 2. The molecule has 4 atom stereocenters. The molecule has 1 aromatic heterocycles. The van der Waals surface area contributed by atoms with Crippen molar-refractivity contribution in [2.24, 2.45) is 0 Å². The number of nitrogen functional groups attached to an aromatic ring is 1. The first kappa shape index (κ1) is 21.3. The van der Waals surface area contributed by atoms with Gasteiger partial charge in [-0.1, -0.05) is 18.2 Å². The molecule has 1 saturated heterocycles. The summed E-state index contributed by atoms with van der Waals surface area (Å²) in [5.74, 6) is -0.983. The fraction of sp³-hybridized carbons (Fsp3) is 0.353. The van der Waals surface area contributed by atoms with Gasteiger partial charge in [-0.25, -0.2) is 18.7 Å². The van der Waals surface area contributed by atoms with Crippen LogP contribution in [0.2, 0.25) is 0 Å². The molecule has 2 aromatic rings. The largest absolute Gasteiger partial charge is 0.436 e. The average Bonchev–Trinajstić information content (AvgIpc) is 3.08. The van der Waals surface area contributed by atoms with Crippen LogP contribution in [-0.2, 0) is 14.1 Å². The van der Waals surface area contributed by atoms with E-state index in [9.17, 15) is 18.4 Å². The summed E-state index contributed by atoms with van der Waals surface area (Å²) in [6.07, 6.45) is -2.29. The number of hydrogen-bond acceptors (Lipinski definition) is 8. The Bertz CT molecular complexity index is 888. The van der Waals surface area contributed by atoms with Gasteiger partial charge in [0.15, 0.2) is 17.9 Å². The summed E-state index contributed by atoms with van der Waals surface area (Å²) in [7, 11) is -1.70. The SMILES string of the molecule is Nc1nc(=O)n(C2OC(COP(NCC=O)Oc3ccccc3)CC2F)cc1F. The van der Waals surface area contributed by atoms with Crippen molar-refractivity contribution in [2.75, 3.05) is 18.9 Å². The van der Waals surface area contributed by atoms with Crippen LogP contribution < -0.4 is 21.0 Å². The summed E-state index contributed by atoms with van der Waals surface area (Å²) < 4.78 is 45.5. The van der Waals surface area contributed by atoms with Gasteiger partial charge < -0.3 is 24.3 Å². The minimum absolute atomic E-state index is 0.00417. The maximum atomic E-state index is 14.4. The Labute approximate surface area is 165 Å². The van der Waals surface area contributed by atoms with Crippen molar-refractivity contribution in [1.29, 1.82) is 0 Å². The van der Waals surface area contributed by atoms with E-state index in [-0.39, 0.29) is 19.6 Å². The van der Waals surface area contributed by atoms with Crippen LogP contribution in [0, 0.1) is 5.82 Å². The molecule has 0 bridgehead atoms. The van der Waals surface area contributed by atoms with E-state index in [2.05, 4.69) is 10.1 Å². The number of alkyl halides is 1. The Morgan fingerprint density at radius 3 is 2.90 bits per heavy atom. The first-order valence-corrected chi connectivity index (χ1v) is 9.82. The normalized spacial score (nSPS) is 22.3. The van der Waals surface area contributed by atoms with Gasteiger partial charge in [-0.3, -0.25) is 4.57 Å². The minimum Gasteiger partial charge on any atom is -0.436 e. The van der Waals surface area contributed by atoms with Crippen LogP contribution in [0.5, 0.6) is 5.75 Å². The highest BCUT2D eigenvalue weighted by Crippen LogP contribution is 2.37. The molecule has 2 heterocycles. The van der Waals surface area contributed by atoms with Gasteiger partial charge in [0.1, 0.15) is 18.2 Å². The number of aldehydes is 1. The summed E-state index contributed by atoms with van der Waals surface area (Å²) in [6, 6.07) is 8.81. The van der Waals surface area contributed by atoms with E-state index < -0.39 is 44.4 Å². The number of carbonyl (C=O) groups excluding carboxylic acids is 1. The molecule has 0 saturated carbocycles. The number of rotatable bonds is 9. The van der Waals surface area contributed by atoms with Crippen molar-refractivity contribution in [2.45, 2.75) is 24.9 Å². The van der Waals surface area contributed by atoms with Crippen molar-refractivity contribution >= 4 is 20.6 Å². The predicted octanol–water partition coefficient (Wildman–Crippen LogP) is 1.70. The smallest absolute Gasteiger partial charge is 0.351 e. The number of aromatic nitrogens is 2. The Balaban J connectivity index is 1.62. The van der Waals surface area contributed by atoms with Crippen LogP contribution in [0.1, 0.15) is 12.6 Å². The van der Waals surface area contributed by atoms with E-state index in [1.165, 1.54) is 0 Å². The molecule has 156 valence electrons. The monoisotopic (exact) mass is 428 g/mol. The molecule has 3 rings (SSSR count). The van der Waals surface area contributed by atoms with Crippen molar-refractivity contribution in [3.8, 4) is 5.75 Å². The van der Waals surface area contributed by atoms with E-state index in [1.54, 1.807) is 24.3 Å². The summed E-state index contributed by atoms with van der Waals surface area (Å²) in [6.45, 7) is -0.0643. The summed E-state index contributed by atoms with van der Waals surface area (Å²) in [5.41, 5.74) is 4.32. The lowest BCUT2D eigenvalue weighted by molar-refractivity contribution is -0.106. The molecule has 3 N–H and O–H groups in total. The second-order valence-electron chi connectivity index (χ2n) is 6.05. The standard InChI is InChI=1S/C17H19F2N4O5P/c18-13-8-12(27-16(13)23-9-14(19)15(20)22-17(23)25)10-26-29(21-6-7-24)28-11-4-2-1-3-5-11/h1-5,7,9,12-13,16,21H,6,8,10H2,(H2,20,22,25). The van der Waals surface area contributed by atoms with E-state index in [1.807, 2.05) is 6.07 Å². The third-order valence-electron chi connectivity index (χ3n) is 3.95. The molecule has 1 fully saturated rings. The fourth-order valence-electron chi connectivity index (χ4n) is 2.64. The number of nitrogens with two attached hydrogens (primary N) is 1. The lowest BCUT2D eigenvalue weighted by Crippen LogP contribution is -2.31. The highest BCUT2D eigenvalue weighted by molar-refractivity contribution is 7.45. The molecule has 4 unspecified atom stereocenters. The Morgan fingerprint density at radius 2 is 2.17 bits per heavy atom. The van der Waals surface area contributed by atoms with Gasteiger partial charge in [-0.2, -0.15) is 4.98 Å². The fourth-order valence-corrected chi connectivity index (χ4v) is 3.68. The van der Waals surface area contributed by atoms with Crippen LogP contribution in [0.15, 0.2) is 41.3 Å². The molecule has 1 aliphatic rings. The van der Waals surface area contributed by atoms with Gasteiger partial charge in [-0.15, -0.1) is 0 Å². The number of nitrogens with one attached hydrogen (secondary N) is 1. The molecule has 1 aliphatic heterocycles. The lowest BCUT2D eigenvalue weighted by atomic mass is 10.2. The molecule has 0 radical (unpaired) electrons. The van der Waals surface area contributed by atoms with Gasteiger partial charge >= 0.3 is 14.2 Å². The maximum absolute atomic E-state index is 14.4. The van der Waals surface area contributed by atoms with Gasteiger partial charge in [0.25, 0.3) is 0 Å². The van der Waals surface area contributed by atoms with Crippen LogP contribution in [-0.4, -0.2) is 41.3 Å². The molecule has 0 spiro atoms. The molecular formula is C17H19F2N4O5P. The van der Waals surface area contributed by atoms with Crippen molar-refractivity contribution in [1.82, 2.24) is 14.6 Å². The van der Waals surface area contributed by atoms with Gasteiger partial charge in [0, 0.05) is 6.42 Å². The third kappa shape index (κ3) is 5.54. The van der Waals surface area contributed by atoms with E-state index in [4.69, 9.17) is 19.5 Å². The van der Waals surface area contributed by atoms with Crippen molar-refractivity contribution < 1.29 is 27.4 Å². The highest BCUT2D eigenvalue weighted by Gasteiger charge is 2.38. The molecule has 29 heavy (non-hydrogen) atoms. The van der Waals surface area contributed by atoms with Crippen molar-refractivity contribution in [3.05, 3.63) is 52.8 Å². The van der Waals surface area contributed by atoms with Gasteiger partial charge in [0.2, 0.25) is 0 Å². The van der Waals surface area contributed by atoms with Gasteiger partial charge in [0.05, 0.1) is 25.5 Å². The summed E-state index contributed by atoms with van der Waals surface area (Å²) >= 11 is 0. The predicted molar refractivity (Wildman–Crippen MR) is 100 cm³/mol. The Morgan fingerprint density at radius 1 is 1.41 bits per heavy atom. The lowest BCUT2D eigenvalue weighted by Gasteiger charge is -2.20. The van der Waals surface area contributed by atoms with Crippen LogP contribution in [0.25, 0.3) is 0 Å². The molecule has 0 aliphatic carbocycles. The van der Waals surface area contributed by atoms with Crippen LogP contribution >= 0.6 is 8.53 Å². The minimum atomic E-state index is -1.70. The van der Waals surface area contributed by atoms with Gasteiger partial charge in [-0.05, 0) is 12.1 Å². The second-order valence-corrected chi connectivity index (χ2v) is 7.32.